The molecular weight excluding hydrogens is 220 g/mol. The largest absolute Gasteiger partial charge is 0.383 e. The Morgan fingerprint density at radius 1 is 1.56 bits per heavy atom. The van der Waals surface area contributed by atoms with E-state index in [2.05, 4.69) is 4.98 Å². The molecule has 2 heterocycles. The molecule has 0 atom stereocenters. The number of Topliss-reactive ketones (excluding diaryl/α,β-unsaturated/α-hetero) is 1. The van der Waals surface area contributed by atoms with E-state index >= 15 is 0 Å². The highest BCUT2D eigenvalue weighted by molar-refractivity contribution is 7.10. The SMILES string of the molecule is Cc1cnc(N)c(C(=O)Cc2cccs2)c1. The Kier molecular flexibility index (Phi) is 3.01. The van der Waals surface area contributed by atoms with Crippen molar-refractivity contribution in [2.75, 3.05) is 5.73 Å². The number of nitrogens with two attached hydrogens (primary N) is 1. The van der Waals surface area contributed by atoms with Gasteiger partial charge in [-0.25, -0.2) is 4.98 Å². The van der Waals surface area contributed by atoms with Crippen LogP contribution in [0.5, 0.6) is 0 Å². The molecular formula is C12H12N2OS. The lowest BCUT2D eigenvalue weighted by molar-refractivity contribution is 0.0994. The van der Waals surface area contributed by atoms with Crippen molar-refractivity contribution in [1.29, 1.82) is 0 Å². The normalized spacial score (nSPS) is 10.3. The van der Waals surface area contributed by atoms with Gasteiger partial charge in [0.15, 0.2) is 5.78 Å². The van der Waals surface area contributed by atoms with Gasteiger partial charge in [0.2, 0.25) is 0 Å². The van der Waals surface area contributed by atoms with Gasteiger partial charge < -0.3 is 5.73 Å². The number of carbonyl (C=O) groups is 1. The summed E-state index contributed by atoms with van der Waals surface area (Å²) in [5.74, 6) is 0.336. The zero-order valence-corrected chi connectivity index (χ0v) is 9.75. The molecule has 0 radical (unpaired) electrons. The number of aryl methyl sites for hydroxylation is 1. The lowest BCUT2D eigenvalue weighted by Crippen LogP contribution is -2.08. The minimum Gasteiger partial charge on any atom is -0.383 e. The number of carbonyl (C=O) groups excluding carboxylic acids is 1. The highest BCUT2D eigenvalue weighted by Crippen LogP contribution is 2.16. The lowest BCUT2D eigenvalue weighted by Gasteiger charge is -2.03. The van der Waals surface area contributed by atoms with Gasteiger partial charge >= 0.3 is 0 Å². The maximum atomic E-state index is 12.0. The van der Waals surface area contributed by atoms with E-state index in [1.54, 1.807) is 23.6 Å². The van der Waals surface area contributed by atoms with E-state index in [-0.39, 0.29) is 5.78 Å². The van der Waals surface area contributed by atoms with Crippen molar-refractivity contribution in [1.82, 2.24) is 4.98 Å². The summed E-state index contributed by atoms with van der Waals surface area (Å²) in [5, 5.41) is 1.96. The maximum Gasteiger partial charge on any atom is 0.171 e. The van der Waals surface area contributed by atoms with E-state index in [4.69, 9.17) is 5.73 Å². The van der Waals surface area contributed by atoms with E-state index in [9.17, 15) is 4.79 Å². The van der Waals surface area contributed by atoms with Gasteiger partial charge in [-0.05, 0) is 30.0 Å². The van der Waals surface area contributed by atoms with Gasteiger partial charge in [-0.1, -0.05) is 6.07 Å². The van der Waals surface area contributed by atoms with Crippen molar-refractivity contribution in [3.63, 3.8) is 0 Å². The van der Waals surface area contributed by atoms with E-state index in [1.165, 1.54) is 0 Å². The average molecular weight is 232 g/mol. The monoisotopic (exact) mass is 232 g/mol. The van der Waals surface area contributed by atoms with Gasteiger partial charge in [-0.15, -0.1) is 11.3 Å². The molecule has 3 nitrogen and oxygen atoms in total. The van der Waals surface area contributed by atoms with Gasteiger partial charge in [-0.3, -0.25) is 4.79 Å². The van der Waals surface area contributed by atoms with Crippen molar-refractivity contribution < 1.29 is 4.79 Å². The number of aromatic nitrogens is 1. The smallest absolute Gasteiger partial charge is 0.171 e. The summed E-state index contributed by atoms with van der Waals surface area (Å²) in [6.07, 6.45) is 2.06. The Morgan fingerprint density at radius 3 is 3.06 bits per heavy atom. The summed E-state index contributed by atoms with van der Waals surface area (Å²) in [6, 6.07) is 5.67. The van der Waals surface area contributed by atoms with Crippen LogP contribution in [0.15, 0.2) is 29.8 Å². The molecule has 2 N–H and O–H groups in total. The molecule has 0 aromatic carbocycles. The average Bonchev–Trinajstić information content (AvgIpc) is 2.74. The first-order chi connectivity index (χ1) is 7.66. The first-order valence-corrected chi connectivity index (χ1v) is 5.82. The van der Waals surface area contributed by atoms with Crippen LogP contribution in [-0.2, 0) is 6.42 Å². The molecule has 0 aliphatic rings. The molecule has 2 rings (SSSR count). The Hall–Kier alpha value is -1.68. The second kappa shape index (κ2) is 4.45. The van der Waals surface area contributed by atoms with Crippen molar-refractivity contribution in [2.24, 2.45) is 0 Å². The Balaban J connectivity index is 2.24. The van der Waals surface area contributed by atoms with Crippen LogP contribution in [0.3, 0.4) is 0 Å². The summed E-state index contributed by atoms with van der Waals surface area (Å²) in [4.78, 5) is 17.0. The molecule has 2 aromatic heterocycles. The molecule has 0 amide bonds. The van der Waals surface area contributed by atoms with Crippen LogP contribution in [0.2, 0.25) is 0 Å². The molecule has 0 bridgehead atoms. The van der Waals surface area contributed by atoms with Crippen molar-refractivity contribution >= 4 is 22.9 Å². The van der Waals surface area contributed by atoms with Gasteiger partial charge in [0, 0.05) is 17.5 Å². The zero-order chi connectivity index (χ0) is 11.5. The van der Waals surface area contributed by atoms with Crippen LogP contribution >= 0.6 is 11.3 Å². The highest BCUT2D eigenvalue weighted by atomic mass is 32.1. The summed E-state index contributed by atoms with van der Waals surface area (Å²) >= 11 is 1.57. The zero-order valence-electron chi connectivity index (χ0n) is 8.93. The standard InChI is InChI=1S/C12H12N2OS/c1-8-5-10(12(13)14-7-8)11(15)6-9-3-2-4-16-9/h2-5,7H,6H2,1H3,(H2,13,14). The number of ketones is 1. The third-order valence-corrected chi connectivity index (χ3v) is 3.15. The van der Waals surface area contributed by atoms with Crippen LogP contribution in [0.1, 0.15) is 20.8 Å². The number of nitrogen functional groups attached to an aromatic ring is 1. The van der Waals surface area contributed by atoms with Gasteiger partial charge in [0.05, 0.1) is 5.56 Å². The number of pyridine rings is 1. The number of thiophene rings is 1. The fraction of sp³-hybridized carbons (Fsp3) is 0.167. The fourth-order valence-corrected chi connectivity index (χ4v) is 2.17. The minimum absolute atomic E-state index is 0.0242. The third-order valence-electron chi connectivity index (χ3n) is 2.27. The molecule has 0 aliphatic heterocycles. The predicted molar refractivity (Wildman–Crippen MR) is 65.7 cm³/mol. The van der Waals surface area contributed by atoms with Crippen LogP contribution in [-0.4, -0.2) is 10.8 Å². The molecule has 4 heteroatoms. The molecule has 0 unspecified atom stereocenters. The van der Waals surface area contributed by atoms with Crippen LogP contribution in [0.4, 0.5) is 5.82 Å². The van der Waals surface area contributed by atoms with Crippen molar-refractivity contribution in [2.45, 2.75) is 13.3 Å². The van der Waals surface area contributed by atoms with E-state index < -0.39 is 0 Å². The van der Waals surface area contributed by atoms with E-state index in [0.29, 0.717) is 17.8 Å². The first kappa shape index (κ1) is 10.8. The molecule has 0 aliphatic carbocycles. The molecule has 2 aromatic rings. The van der Waals surface area contributed by atoms with Gasteiger partial charge in [0.25, 0.3) is 0 Å². The lowest BCUT2D eigenvalue weighted by atomic mass is 10.1. The summed E-state index contributed by atoms with van der Waals surface area (Å²) < 4.78 is 0. The molecule has 0 fully saturated rings. The summed E-state index contributed by atoms with van der Waals surface area (Å²) in [5.41, 5.74) is 7.16. The Bertz CT molecular complexity index is 506. The highest BCUT2D eigenvalue weighted by Gasteiger charge is 2.12. The maximum absolute atomic E-state index is 12.0. The van der Waals surface area contributed by atoms with Crippen molar-refractivity contribution in [3.05, 3.63) is 45.8 Å². The fourth-order valence-electron chi connectivity index (χ4n) is 1.47. The quantitative estimate of drug-likeness (QED) is 0.827. The Morgan fingerprint density at radius 2 is 2.38 bits per heavy atom. The minimum atomic E-state index is 0.0242. The third kappa shape index (κ3) is 2.28. The van der Waals surface area contributed by atoms with E-state index in [0.717, 1.165) is 10.4 Å². The molecule has 0 spiro atoms. The predicted octanol–water partition coefficient (Wildman–Crippen LogP) is 2.46. The van der Waals surface area contributed by atoms with Crippen LogP contribution in [0, 0.1) is 6.92 Å². The first-order valence-electron chi connectivity index (χ1n) is 4.94. The second-order valence-corrected chi connectivity index (χ2v) is 4.66. The van der Waals surface area contributed by atoms with Gasteiger partial charge in [-0.2, -0.15) is 0 Å². The number of hydrogen-bond acceptors (Lipinski definition) is 4. The summed E-state index contributed by atoms with van der Waals surface area (Å²) in [7, 11) is 0. The second-order valence-electron chi connectivity index (χ2n) is 3.62. The Labute approximate surface area is 97.9 Å². The van der Waals surface area contributed by atoms with Crippen LogP contribution in [0.25, 0.3) is 0 Å². The van der Waals surface area contributed by atoms with Crippen LogP contribution < -0.4 is 5.73 Å². The number of rotatable bonds is 3. The molecule has 82 valence electrons. The number of anilines is 1. The molecule has 16 heavy (non-hydrogen) atoms. The molecule has 0 saturated heterocycles. The number of hydrogen-bond donors (Lipinski definition) is 1. The van der Waals surface area contributed by atoms with Gasteiger partial charge in [0.1, 0.15) is 5.82 Å². The summed E-state index contributed by atoms with van der Waals surface area (Å²) in [6.45, 7) is 1.90. The topological polar surface area (TPSA) is 56.0 Å². The number of nitrogens with zero attached hydrogens (tertiary/aromatic N) is 1. The molecule has 0 saturated carbocycles. The van der Waals surface area contributed by atoms with E-state index in [1.807, 2.05) is 24.4 Å². The van der Waals surface area contributed by atoms with Crippen molar-refractivity contribution in [3.8, 4) is 0 Å².